The molecule has 1 aliphatic rings. The fraction of sp³-hybridized carbons (Fsp3) is 0.533. The van der Waals surface area contributed by atoms with Crippen LogP contribution in [0.5, 0.6) is 0 Å². The zero-order valence-corrected chi connectivity index (χ0v) is 13.6. The zero-order valence-electron chi connectivity index (χ0n) is 12.8. The van der Waals surface area contributed by atoms with Crippen LogP contribution in [0.4, 0.5) is 0 Å². The standard InChI is InChI=1S/C15H17ClN4O3/c1-15(2,21)23-11-7-12(22-10(11)3-5-17)20-6-4-9-13(16)18-8-19-14(9)20/h4,6,8,10-12,21H,3,7H2,1-2H3/t10-,11+,12-/m1/s1. The minimum Gasteiger partial charge on any atom is -0.366 e. The van der Waals surface area contributed by atoms with Crippen LogP contribution in [0.3, 0.4) is 0 Å². The Hall–Kier alpha value is -1.72. The van der Waals surface area contributed by atoms with Crippen molar-refractivity contribution in [1.29, 1.82) is 5.26 Å². The molecule has 0 amide bonds. The van der Waals surface area contributed by atoms with Crippen LogP contribution >= 0.6 is 11.6 Å². The fourth-order valence-electron chi connectivity index (χ4n) is 2.81. The fourth-order valence-corrected chi connectivity index (χ4v) is 3.00. The van der Waals surface area contributed by atoms with E-state index in [1.165, 1.54) is 6.33 Å². The lowest BCUT2D eigenvalue weighted by Gasteiger charge is -2.25. The molecule has 1 saturated heterocycles. The normalized spacial score (nSPS) is 24.9. The third kappa shape index (κ3) is 3.31. The van der Waals surface area contributed by atoms with E-state index in [9.17, 15) is 5.11 Å². The molecule has 0 aromatic carbocycles. The summed E-state index contributed by atoms with van der Waals surface area (Å²) in [5, 5.41) is 20.0. The van der Waals surface area contributed by atoms with E-state index in [1.54, 1.807) is 13.8 Å². The highest BCUT2D eigenvalue weighted by Crippen LogP contribution is 2.36. The number of aliphatic hydroxyl groups is 1. The summed E-state index contributed by atoms with van der Waals surface area (Å²) in [6.07, 6.45) is 2.78. The number of fused-ring (bicyclic) bond motifs is 1. The Morgan fingerprint density at radius 1 is 1.57 bits per heavy atom. The molecule has 0 saturated carbocycles. The molecule has 3 heterocycles. The zero-order chi connectivity index (χ0) is 16.6. The molecule has 0 unspecified atom stereocenters. The van der Waals surface area contributed by atoms with Gasteiger partial charge in [-0.3, -0.25) is 0 Å². The van der Waals surface area contributed by atoms with E-state index in [0.717, 1.165) is 5.39 Å². The number of rotatable bonds is 4. The highest BCUT2D eigenvalue weighted by Gasteiger charge is 2.39. The summed E-state index contributed by atoms with van der Waals surface area (Å²) in [6.45, 7) is 3.11. The quantitative estimate of drug-likeness (QED) is 0.680. The van der Waals surface area contributed by atoms with Crippen LogP contribution in [0, 0.1) is 11.3 Å². The largest absolute Gasteiger partial charge is 0.366 e. The third-order valence-electron chi connectivity index (χ3n) is 3.68. The SMILES string of the molecule is CC(C)(O)O[C@H]1C[C@H](n2ccc3c(Cl)ncnc32)O[C@@H]1CC#N. The molecule has 0 radical (unpaired) electrons. The topological polar surface area (TPSA) is 93.2 Å². The first-order valence-electron chi connectivity index (χ1n) is 7.28. The Kier molecular flexibility index (Phi) is 4.25. The molecule has 1 fully saturated rings. The van der Waals surface area contributed by atoms with E-state index < -0.39 is 11.9 Å². The van der Waals surface area contributed by atoms with Gasteiger partial charge in [0.2, 0.25) is 0 Å². The summed E-state index contributed by atoms with van der Waals surface area (Å²) in [4.78, 5) is 8.20. The van der Waals surface area contributed by atoms with Gasteiger partial charge in [0.25, 0.3) is 0 Å². The van der Waals surface area contributed by atoms with Gasteiger partial charge < -0.3 is 19.1 Å². The van der Waals surface area contributed by atoms with E-state index in [1.807, 2.05) is 16.8 Å². The Labute approximate surface area is 138 Å². The van der Waals surface area contributed by atoms with Gasteiger partial charge in [-0.15, -0.1) is 0 Å². The van der Waals surface area contributed by atoms with Crippen LogP contribution in [-0.4, -0.2) is 37.6 Å². The van der Waals surface area contributed by atoms with Gasteiger partial charge >= 0.3 is 0 Å². The first-order chi connectivity index (χ1) is 10.9. The molecule has 8 heteroatoms. The van der Waals surface area contributed by atoms with Crippen LogP contribution in [0.25, 0.3) is 11.0 Å². The highest BCUT2D eigenvalue weighted by atomic mass is 35.5. The predicted octanol–water partition coefficient (Wildman–Crippen LogP) is 2.40. The van der Waals surface area contributed by atoms with Crippen LogP contribution < -0.4 is 0 Å². The molecule has 1 N–H and O–H groups in total. The van der Waals surface area contributed by atoms with Crippen molar-refractivity contribution in [2.75, 3.05) is 0 Å². The van der Waals surface area contributed by atoms with E-state index in [0.29, 0.717) is 17.2 Å². The van der Waals surface area contributed by atoms with Gasteiger partial charge in [-0.2, -0.15) is 5.26 Å². The molecule has 2 aromatic rings. The lowest BCUT2D eigenvalue weighted by Crippen LogP contribution is -2.34. The number of nitriles is 1. The molecule has 7 nitrogen and oxygen atoms in total. The molecular weight excluding hydrogens is 320 g/mol. The molecule has 0 aliphatic carbocycles. The molecule has 0 spiro atoms. The molecular formula is C15H17ClN4O3. The second-order valence-corrected chi connectivity index (χ2v) is 6.31. The minimum absolute atomic E-state index is 0.187. The maximum atomic E-state index is 9.88. The van der Waals surface area contributed by atoms with E-state index in [-0.39, 0.29) is 18.8 Å². The van der Waals surface area contributed by atoms with Crippen molar-refractivity contribution in [2.45, 2.75) is 50.9 Å². The smallest absolute Gasteiger partial charge is 0.160 e. The van der Waals surface area contributed by atoms with Gasteiger partial charge in [0.1, 0.15) is 23.4 Å². The summed E-state index contributed by atoms with van der Waals surface area (Å²) >= 11 is 6.07. The average molecular weight is 337 g/mol. The van der Waals surface area contributed by atoms with E-state index in [4.69, 9.17) is 26.3 Å². The van der Waals surface area contributed by atoms with Crippen molar-refractivity contribution in [2.24, 2.45) is 0 Å². The van der Waals surface area contributed by atoms with Crippen molar-refractivity contribution in [3.8, 4) is 6.07 Å². The second-order valence-electron chi connectivity index (χ2n) is 5.95. The number of hydrogen-bond acceptors (Lipinski definition) is 6. The lowest BCUT2D eigenvalue weighted by molar-refractivity contribution is -0.213. The second kappa shape index (κ2) is 6.06. The minimum atomic E-state index is -1.29. The lowest BCUT2D eigenvalue weighted by atomic mass is 10.1. The molecule has 3 rings (SSSR count). The van der Waals surface area contributed by atoms with Crippen molar-refractivity contribution in [3.05, 3.63) is 23.7 Å². The first-order valence-corrected chi connectivity index (χ1v) is 7.66. The van der Waals surface area contributed by atoms with Crippen molar-refractivity contribution in [3.63, 3.8) is 0 Å². The number of halogens is 1. The van der Waals surface area contributed by atoms with Gasteiger partial charge in [0.15, 0.2) is 5.79 Å². The van der Waals surface area contributed by atoms with Gasteiger partial charge in [-0.25, -0.2) is 9.97 Å². The van der Waals surface area contributed by atoms with E-state index >= 15 is 0 Å². The highest BCUT2D eigenvalue weighted by molar-refractivity contribution is 6.33. The first kappa shape index (κ1) is 16.1. The predicted molar refractivity (Wildman–Crippen MR) is 82.5 cm³/mol. The Bertz CT molecular complexity index is 749. The van der Waals surface area contributed by atoms with Crippen molar-refractivity contribution in [1.82, 2.24) is 14.5 Å². The van der Waals surface area contributed by atoms with Crippen LogP contribution in [0.2, 0.25) is 5.15 Å². The molecule has 122 valence electrons. The monoisotopic (exact) mass is 336 g/mol. The Morgan fingerprint density at radius 2 is 2.35 bits per heavy atom. The number of nitrogens with zero attached hydrogens (tertiary/aromatic N) is 4. The van der Waals surface area contributed by atoms with Gasteiger partial charge in [0.05, 0.1) is 30.1 Å². The number of aromatic nitrogens is 3. The number of hydrogen-bond donors (Lipinski definition) is 1. The molecule has 23 heavy (non-hydrogen) atoms. The Balaban J connectivity index is 1.88. The van der Waals surface area contributed by atoms with E-state index in [2.05, 4.69) is 16.0 Å². The summed E-state index contributed by atoms with van der Waals surface area (Å²) in [6, 6.07) is 3.92. The summed E-state index contributed by atoms with van der Waals surface area (Å²) in [5.41, 5.74) is 0.662. The van der Waals surface area contributed by atoms with Gasteiger partial charge in [-0.1, -0.05) is 11.6 Å². The van der Waals surface area contributed by atoms with Crippen molar-refractivity contribution < 1.29 is 14.6 Å². The summed E-state index contributed by atoms with van der Waals surface area (Å²) in [7, 11) is 0. The Morgan fingerprint density at radius 3 is 3.04 bits per heavy atom. The third-order valence-corrected chi connectivity index (χ3v) is 3.98. The van der Waals surface area contributed by atoms with Crippen molar-refractivity contribution >= 4 is 22.6 Å². The van der Waals surface area contributed by atoms with Crippen LogP contribution in [-0.2, 0) is 9.47 Å². The van der Waals surface area contributed by atoms with Gasteiger partial charge in [-0.05, 0) is 19.9 Å². The molecule has 2 aromatic heterocycles. The average Bonchev–Trinajstić information content (AvgIpc) is 3.03. The van der Waals surface area contributed by atoms with Gasteiger partial charge in [0, 0.05) is 12.6 Å². The summed E-state index contributed by atoms with van der Waals surface area (Å²) < 4.78 is 13.4. The van der Waals surface area contributed by atoms with Crippen LogP contribution in [0.15, 0.2) is 18.6 Å². The maximum Gasteiger partial charge on any atom is 0.160 e. The summed E-state index contributed by atoms with van der Waals surface area (Å²) in [5.74, 6) is -1.29. The maximum absolute atomic E-state index is 9.88. The molecule has 3 atom stereocenters. The number of ether oxygens (including phenoxy) is 2. The van der Waals surface area contributed by atoms with Crippen LogP contribution in [0.1, 0.15) is 32.9 Å². The molecule has 0 bridgehead atoms. The molecule has 1 aliphatic heterocycles.